The number of nitrogens with one attached hydrogen (secondary N) is 1. The summed E-state index contributed by atoms with van der Waals surface area (Å²) >= 11 is 0. The topological polar surface area (TPSA) is 61.5 Å². The van der Waals surface area contributed by atoms with Crippen LogP contribution in [0.5, 0.6) is 0 Å². The van der Waals surface area contributed by atoms with Gasteiger partial charge in [-0.1, -0.05) is 0 Å². The number of ether oxygens (including phenoxy) is 1. The van der Waals surface area contributed by atoms with Crippen LogP contribution in [0.15, 0.2) is 6.20 Å². The third kappa shape index (κ3) is 3.72. The molecule has 3 rings (SSSR count). The van der Waals surface area contributed by atoms with E-state index in [1.165, 1.54) is 0 Å². The van der Waals surface area contributed by atoms with Crippen molar-refractivity contribution in [2.75, 3.05) is 39.8 Å². The largest absolute Gasteiger partial charge is 0.432 e. The van der Waals surface area contributed by atoms with E-state index >= 15 is 0 Å². The number of H-pyrrole nitrogens is 1. The Morgan fingerprint density at radius 1 is 1.33 bits per heavy atom. The molecule has 24 heavy (non-hydrogen) atoms. The summed E-state index contributed by atoms with van der Waals surface area (Å²) in [5.41, 5.74) is -0.824. The highest BCUT2D eigenvalue weighted by Crippen LogP contribution is 2.31. The van der Waals surface area contributed by atoms with E-state index in [4.69, 9.17) is 4.74 Å². The van der Waals surface area contributed by atoms with E-state index in [0.717, 1.165) is 12.7 Å². The van der Waals surface area contributed by atoms with Crippen molar-refractivity contribution in [2.24, 2.45) is 0 Å². The van der Waals surface area contributed by atoms with Gasteiger partial charge in [-0.3, -0.25) is 4.79 Å². The Labute approximate surface area is 138 Å². The van der Waals surface area contributed by atoms with Gasteiger partial charge >= 0.3 is 6.18 Å². The molecule has 0 aliphatic carbocycles. The van der Waals surface area contributed by atoms with Crippen LogP contribution in [-0.2, 0) is 15.7 Å². The molecule has 2 aliphatic rings. The van der Waals surface area contributed by atoms with Gasteiger partial charge in [0.25, 0.3) is 5.91 Å². The second-order valence-electron chi connectivity index (χ2n) is 6.40. The summed E-state index contributed by atoms with van der Waals surface area (Å²) in [5, 5.41) is 0. The summed E-state index contributed by atoms with van der Waals surface area (Å²) in [4.78, 5) is 22.5. The van der Waals surface area contributed by atoms with Crippen LogP contribution in [0.4, 0.5) is 13.2 Å². The molecule has 1 atom stereocenters. The van der Waals surface area contributed by atoms with Crippen molar-refractivity contribution in [3.63, 3.8) is 0 Å². The smallest absolute Gasteiger partial charge is 0.366 e. The van der Waals surface area contributed by atoms with Crippen molar-refractivity contribution in [2.45, 2.75) is 31.0 Å². The molecule has 1 amide bonds. The second kappa shape index (κ2) is 6.72. The van der Waals surface area contributed by atoms with Gasteiger partial charge in [0.1, 0.15) is 17.6 Å². The summed E-state index contributed by atoms with van der Waals surface area (Å²) < 4.78 is 43.4. The fraction of sp³-hybridized carbons (Fsp3) is 0.733. The van der Waals surface area contributed by atoms with Crippen molar-refractivity contribution in [1.82, 2.24) is 19.8 Å². The number of imidazole rings is 1. The van der Waals surface area contributed by atoms with Gasteiger partial charge in [0.2, 0.25) is 0 Å². The third-order valence-electron chi connectivity index (χ3n) is 4.64. The first kappa shape index (κ1) is 17.2. The van der Waals surface area contributed by atoms with Crippen LogP contribution in [0.1, 0.15) is 30.3 Å². The highest BCUT2D eigenvalue weighted by molar-refractivity contribution is 5.81. The van der Waals surface area contributed by atoms with Crippen molar-refractivity contribution in [3.05, 3.63) is 17.7 Å². The SMILES string of the molecule is CN1CCO[C@H](C(=O)N2CCC(c3ncc(C(F)(F)F)[nH]3)CC2)C1. The minimum atomic E-state index is -4.41. The van der Waals surface area contributed by atoms with Crippen LogP contribution >= 0.6 is 0 Å². The van der Waals surface area contributed by atoms with Gasteiger partial charge in [-0.2, -0.15) is 13.2 Å². The molecule has 6 nitrogen and oxygen atoms in total. The van der Waals surface area contributed by atoms with E-state index in [1.54, 1.807) is 4.90 Å². The molecule has 2 saturated heterocycles. The Morgan fingerprint density at radius 3 is 2.62 bits per heavy atom. The lowest BCUT2D eigenvalue weighted by molar-refractivity contribution is -0.149. The van der Waals surface area contributed by atoms with Gasteiger partial charge in [0, 0.05) is 32.1 Å². The standard InChI is InChI=1S/C15H21F3N4O2/c1-21-6-7-24-11(9-21)14(23)22-4-2-10(3-5-22)13-19-8-12(20-13)15(16,17)18/h8,10-11H,2-7,9H2,1H3,(H,19,20)/t11-/m0/s1. The van der Waals surface area contributed by atoms with Gasteiger partial charge in [-0.05, 0) is 19.9 Å². The number of morpholine rings is 1. The zero-order valence-electron chi connectivity index (χ0n) is 13.5. The number of piperidine rings is 1. The molecule has 134 valence electrons. The number of hydrogen-bond donors (Lipinski definition) is 1. The van der Waals surface area contributed by atoms with Gasteiger partial charge < -0.3 is 19.5 Å². The number of rotatable bonds is 2. The number of carbonyl (C=O) groups excluding carboxylic acids is 1. The molecule has 0 spiro atoms. The lowest BCUT2D eigenvalue weighted by atomic mass is 9.95. The molecule has 1 aromatic heterocycles. The molecule has 3 heterocycles. The Morgan fingerprint density at radius 2 is 2.04 bits per heavy atom. The van der Waals surface area contributed by atoms with E-state index in [2.05, 4.69) is 14.9 Å². The fourth-order valence-corrected chi connectivity index (χ4v) is 3.19. The van der Waals surface area contributed by atoms with E-state index in [-0.39, 0.29) is 11.8 Å². The summed E-state index contributed by atoms with van der Waals surface area (Å²) in [7, 11) is 1.95. The minimum Gasteiger partial charge on any atom is -0.366 e. The number of likely N-dealkylation sites (tertiary alicyclic amines) is 1. The van der Waals surface area contributed by atoms with Crippen LogP contribution in [0.2, 0.25) is 0 Å². The van der Waals surface area contributed by atoms with Crippen molar-refractivity contribution in [1.29, 1.82) is 0 Å². The minimum absolute atomic E-state index is 0.0320. The molecule has 0 aromatic carbocycles. The first-order chi connectivity index (χ1) is 11.3. The van der Waals surface area contributed by atoms with Crippen LogP contribution in [0.3, 0.4) is 0 Å². The van der Waals surface area contributed by atoms with Gasteiger partial charge in [0.05, 0.1) is 12.8 Å². The number of alkyl halides is 3. The summed E-state index contributed by atoms with van der Waals surface area (Å²) in [6.07, 6.45) is -2.83. The number of amides is 1. The number of aromatic nitrogens is 2. The molecule has 9 heteroatoms. The zero-order chi connectivity index (χ0) is 17.3. The number of likely N-dealkylation sites (N-methyl/N-ethyl adjacent to an activating group) is 1. The third-order valence-corrected chi connectivity index (χ3v) is 4.64. The maximum atomic E-state index is 12.6. The molecule has 0 saturated carbocycles. The predicted octanol–water partition coefficient (Wildman–Crippen LogP) is 1.47. The normalized spacial score (nSPS) is 24.3. The average Bonchev–Trinajstić information content (AvgIpc) is 3.04. The average molecular weight is 346 g/mol. The van der Waals surface area contributed by atoms with Crippen LogP contribution < -0.4 is 0 Å². The quantitative estimate of drug-likeness (QED) is 0.881. The number of carbonyl (C=O) groups is 1. The molecule has 2 aliphatic heterocycles. The summed E-state index contributed by atoms with van der Waals surface area (Å²) in [6.45, 7) is 2.94. The lowest BCUT2D eigenvalue weighted by Crippen LogP contribution is -2.51. The van der Waals surface area contributed by atoms with Gasteiger partial charge in [0.15, 0.2) is 0 Å². The Kier molecular flexibility index (Phi) is 4.82. The number of aromatic amines is 1. The monoisotopic (exact) mass is 346 g/mol. The zero-order valence-corrected chi connectivity index (χ0v) is 13.5. The number of nitrogens with zero attached hydrogens (tertiary/aromatic N) is 3. The van der Waals surface area contributed by atoms with E-state index in [0.29, 0.717) is 44.9 Å². The molecule has 1 aromatic rings. The van der Waals surface area contributed by atoms with E-state index in [1.807, 2.05) is 7.05 Å². The molecule has 0 unspecified atom stereocenters. The highest BCUT2D eigenvalue weighted by atomic mass is 19.4. The first-order valence-corrected chi connectivity index (χ1v) is 8.05. The molecule has 2 fully saturated rings. The van der Waals surface area contributed by atoms with E-state index < -0.39 is 18.0 Å². The van der Waals surface area contributed by atoms with Crippen molar-refractivity contribution < 1.29 is 22.7 Å². The van der Waals surface area contributed by atoms with Crippen LogP contribution in [0.25, 0.3) is 0 Å². The summed E-state index contributed by atoms with van der Waals surface area (Å²) in [6, 6.07) is 0. The van der Waals surface area contributed by atoms with Crippen LogP contribution in [0, 0.1) is 0 Å². The van der Waals surface area contributed by atoms with E-state index in [9.17, 15) is 18.0 Å². The maximum absolute atomic E-state index is 12.6. The van der Waals surface area contributed by atoms with Gasteiger partial charge in [-0.15, -0.1) is 0 Å². The molecular formula is C15H21F3N4O2. The van der Waals surface area contributed by atoms with Gasteiger partial charge in [-0.25, -0.2) is 4.98 Å². The Balaban J connectivity index is 1.55. The number of hydrogen-bond acceptors (Lipinski definition) is 4. The first-order valence-electron chi connectivity index (χ1n) is 8.05. The predicted molar refractivity (Wildman–Crippen MR) is 79.4 cm³/mol. The van der Waals surface area contributed by atoms with Crippen molar-refractivity contribution in [3.8, 4) is 0 Å². The molecular weight excluding hydrogens is 325 g/mol. The second-order valence-corrected chi connectivity index (χ2v) is 6.40. The highest BCUT2D eigenvalue weighted by Gasteiger charge is 2.35. The molecule has 0 bridgehead atoms. The molecule has 1 N–H and O–H groups in total. The Bertz CT molecular complexity index is 582. The molecule has 0 radical (unpaired) electrons. The number of halogens is 3. The maximum Gasteiger partial charge on any atom is 0.432 e. The summed E-state index contributed by atoms with van der Waals surface area (Å²) in [5.74, 6) is 0.235. The lowest BCUT2D eigenvalue weighted by Gasteiger charge is -2.36. The van der Waals surface area contributed by atoms with Crippen LogP contribution in [-0.4, -0.2) is 71.6 Å². The van der Waals surface area contributed by atoms with Crippen molar-refractivity contribution >= 4 is 5.91 Å². The fourth-order valence-electron chi connectivity index (χ4n) is 3.19. The Hall–Kier alpha value is -1.61.